The molecule has 0 saturated heterocycles. The van der Waals surface area contributed by atoms with Gasteiger partial charge in [-0.2, -0.15) is 0 Å². The minimum absolute atomic E-state index is 0.443. The van der Waals surface area contributed by atoms with Crippen LogP contribution in [0, 0.1) is 0 Å². The molecule has 6 heteroatoms. The van der Waals surface area contributed by atoms with Gasteiger partial charge >= 0.3 is 0 Å². The van der Waals surface area contributed by atoms with Gasteiger partial charge in [0.05, 0.1) is 7.11 Å². The second-order valence-corrected chi connectivity index (χ2v) is 6.60. The van der Waals surface area contributed by atoms with Crippen LogP contribution < -0.4 is 15.4 Å². The van der Waals surface area contributed by atoms with Crippen molar-refractivity contribution in [3.8, 4) is 5.75 Å². The monoisotopic (exact) mass is 351 g/mol. The van der Waals surface area contributed by atoms with Crippen LogP contribution in [0.4, 0.5) is 0 Å². The van der Waals surface area contributed by atoms with E-state index in [1.807, 2.05) is 18.2 Å². The zero-order chi connectivity index (χ0) is 16.7. The molecule has 0 fully saturated rings. The third-order valence-electron chi connectivity index (χ3n) is 3.52. The molecule has 0 bridgehead atoms. The summed E-state index contributed by atoms with van der Waals surface area (Å²) in [5.41, 5.74) is 1.03. The van der Waals surface area contributed by atoms with Crippen molar-refractivity contribution in [3.05, 3.63) is 51.2 Å². The third kappa shape index (κ3) is 5.15. The smallest absolute Gasteiger partial charge is 0.191 e. The standard InChI is InChI=1S/C17H22ClN3OS/c1-12(16-5-4-8-23-16)10-20-17(19-2)21-11-13-6-7-14(18)9-15(13)22-3/h4-9,12H,10-11H2,1-3H3,(H2,19,20,21). The summed E-state index contributed by atoms with van der Waals surface area (Å²) >= 11 is 7.76. The fourth-order valence-corrected chi connectivity index (χ4v) is 3.14. The molecule has 2 rings (SSSR count). The number of benzene rings is 1. The number of hydrogen-bond donors (Lipinski definition) is 2. The number of guanidine groups is 1. The van der Waals surface area contributed by atoms with Gasteiger partial charge in [-0.15, -0.1) is 11.3 Å². The Hall–Kier alpha value is -1.72. The molecule has 2 aromatic rings. The Labute approximate surface area is 146 Å². The summed E-state index contributed by atoms with van der Waals surface area (Å²) in [5.74, 6) is 1.98. The predicted molar refractivity (Wildman–Crippen MR) is 98.9 cm³/mol. The van der Waals surface area contributed by atoms with Crippen LogP contribution in [0.1, 0.15) is 23.3 Å². The van der Waals surface area contributed by atoms with E-state index in [1.54, 1.807) is 25.5 Å². The molecule has 0 aliphatic carbocycles. The third-order valence-corrected chi connectivity index (χ3v) is 4.86. The molecule has 1 atom stereocenters. The fourth-order valence-electron chi connectivity index (χ4n) is 2.19. The molecule has 0 aliphatic rings. The number of hydrogen-bond acceptors (Lipinski definition) is 3. The lowest BCUT2D eigenvalue weighted by molar-refractivity contribution is 0.409. The Morgan fingerprint density at radius 3 is 2.83 bits per heavy atom. The summed E-state index contributed by atoms with van der Waals surface area (Å²) in [5, 5.41) is 9.42. The van der Waals surface area contributed by atoms with E-state index in [9.17, 15) is 0 Å². The van der Waals surface area contributed by atoms with Crippen LogP contribution in [0.2, 0.25) is 5.02 Å². The van der Waals surface area contributed by atoms with Gasteiger partial charge in [-0.3, -0.25) is 4.99 Å². The van der Waals surface area contributed by atoms with Crippen molar-refractivity contribution in [1.82, 2.24) is 10.6 Å². The normalized spacial score (nSPS) is 12.8. The molecular formula is C17H22ClN3OS. The lowest BCUT2D eigenvalue weighted by Crippen LogP contribution is -2.38. The van der Waals surface area contributed by atoms with E-state index in [2.05, 4.69) is 40.1 Å². The topological polar surface area (TPSA) is 45.7 Å². The second kappa shape index (κ2) is 8.79. The highest BCUT2D eigenvalue weighted by Crippen LogP contribution is 2.23. The molecule has 1 aromatic carbocycles. The zero-order valence-electron chi connectivity index (χ0n) is 13.6. The number of thiophene rings is 1. The first-order valence-corrected chi connectivity index (χ1v) is 8.70. The van der Waals surface area contributed by atoms with Crippen molar-refractivity contribution in [2.45, 2.75) is 19.4 Å². The first-order valence-electron chi connectivity index (χ1n) is 7.44. The highest BCUT2D eigenvalue weighted by molar-refractivity contribution is 7.10. The van der Waals surface area contributed by atoms with Crippen molar-refractivity contribution >= 4 is 28.9 Å². The van der Waals surface area contributed by atoms with Gasteiger partial charge in [0.15, 0.2) is 5.96 Å². The van der Waals surface area contributed by atoms with Gasteiger partial charge in [-0.1, -0.05) is 30.7 Å². The largest absolute Gasteiger partial charge is 0.496 e. The van der Waals surface area contributed by atoms with Crippen molar-refractivity contribution in [2.24, 2.45) is 4.99 Å². The lowest BCUT2D eigenvalue weighted by Gasteiger charge is -2.16. The molecule has 0 aliphatic heterocycles. The molecule has 0 radical (unpaired) electrons. The highest BCUT2D eigenvalue weighted by Gasteiger charge is 2.08. The quantitative estimate of drug-likeness (QED) is 0.613. The van der Waals surface area contributed by atoms with Crippen LogP contribution >= 0.6 is 22.9 Å². The summed E-state index contributed by atoms with van der Waals surface area (Å²) in [6, 6.07) is 9.86. The molecule has 4 nitrogen and oxygen atoms in total. The lowest BCUT2D eigenvalue weighted by atomic mass is 10.1. The summed E-state index contributed by atoms with van der Waals surface area (Å²) in [6.45, 7) is 3.65. The van der Waals surface area contributed by atoms with E-state index < -0.39 is 0 Å². The van der Waals surface area contributed by atoms with E-state index in [-0.39, 0.29) is 0 Å². The van der Waals surface area contributed by atoms with Crippen molar-refractivity contribution in [3.63, 3.8) is 0 Å². The molecular weight excluding hydrogens is 330 g/mol. The fraction of sp³-hybridized carbons (Fsp3) is 0.353. The molecule has 0 saturated carbocycles. The van der Waals surface area contributed by atoms with Crippen LogP contribution in [0.15, 0.2) is 40.7 Å². The Kier molecular flexibility index (Phi) is 6.74. The van der Waals surface area contributed by atoms with E-state index in [0.29, 0.717) is 17.5 Å². The summed E-state index contributed by atoms with van der Waals surface area (Å²) in [4.78, 5) is 5.63. The summed E-state index contributed by atoms with van der Waals surface area (Å²) in [7, 11) is 3.41. The number of methoxy groups -OCH3 is 1. The average molecular weight is 352 g/mol. The van der Waals surface area contributed by atoms with Crippen LogP contribution in [0.5, 0.6) is 5.75 Å². The molecule has 1 aromatic heterocycles. The molecule has 0 amide bonds. The van der Waals surface area contributed by atoms with Gasteiger partial charge in [0.2, 0.25) is 0 Å². The first kappa shape index (κ1) is 17.6. The SMILES string of the molecule is CN=C(NCc1ccc(Cl)cc1OC)NCC(C)c1cccs1. The van der Waals surface area contributed by atoms with Crippen molar-refractivity contribution in [2.75, 3.05) is 20.7 Å². The maximum Gasteiger partial charge on any atom is 0.191 e. The maximum absolute atomic E-state index is 5.98. The first-order chi connectivity index (χ1) is 11.1. The van der Waals surface area contributed by atoms with E-state index in [0.717, 1.165) is 23.8 Å². The summed E-state index contributed by atoms with van der Waals surface area (Å²) in [6.07, 6.45) is 0. The van der Waals surface area contributed by atoms with Crippen LogP contribution in [0.3, 0.4) is 0 Å². The molecule has 0 spiro atoms. The zero-order valence-corrected chi connectivity index (χ0v) is 15.2. The van der Waals surface area contributed by atoms with Crippen molar-refractivity contribution < 1.29 is 4.74 Å². The van der Waals surface area contributed by atoms with Crippen LogP contribution in [-0.2, 0) is 6.54 Å². The Bertz CT molecular complexity index is 643. The molecule has 1 unspecified atom stereocenters. The van der Waals surface area contributed by atoms with Crippen molar-refractivity contribution in [1.29, 1.82) is 0 Å². The van der Waals surface area contributed by atoms with Gasteiger partial charge in [-0.05, 0) is 23.6 Å². The Morgan fingerprint density at radius 1 is 1.35 bits per heavy atom. The second-order valence-electron chi connectivity index (χ2n) is 5.18. The number of aliphatic imine (C=N–C) groups is 1. The number of ether oxygens (including phenoxy) is 1. The van der Waals surface area contributed by atoms with Gasteiger partial charge in [-0.25, -0.2) is 0 Å². The van der Waals surface area contributed by atoms with E-state index in [1.165, 1.54) is 4.88 Å². The highest BCUT2D eigenvalue weighted by atomic mass is 35.5. The minimum Gasteiger partial charge on any atom is -0.496 e. The Morgan fingerprint density at radius 2 is 2.17 bits per heavy atom. The van der Waals surface area contributed by atoms with E-state index >= 15 is 0 Å². The van der Waals surface area contributed by atoms with Crippen LogP contribution in [-0.4, -0.2) is 26.7 Å². The van der Waals surface area contributed by atoms with Gasteiger partial charge in [0, 0.05) is 41.5 Å². The maximum atomic E-state index is 5.98. The molecule has 124 valence electrons. The number of nitrogens with one attached hydrogen (secondary N) is 2. The Balaban J connectivity index is 1.88. The number of halogens is 1. The van der Waals surface area contributed by atoms with Gasteiger partial charge < -0.3 is 15.4 Å². The minimum atomic E-state index is 0.443. The average Bonchev–Trinajstić information content (AvgIpc) is 3.10. The molecule has 23 heavy (non-hydrogen) atoms. The van der Waals surface area contributed by atoms with E-state index in [4.69, 9.17) is 16.3 Å². The predicted octanol–water partition coefficient (Wildman–Crippen LogP) is 3.88. The van der Waals surface area contributed by atoms with Gasteiger partial charge in [0.1, 0.15) is 5.75 Å². The summed E-state index contributed by atoms with van der Waals surface area (Å²) < 4.78 is 5.36. The van der Waals surface area contributed by atoms with Gasteiger partial charge in [0.25, 0.3) is 0 Å². The molecule has 1 heterocycles. The number of nitrogens with zero attached hydrogens (tertiary/aromatic N) is 1. The van der Waals surface area contributed by atoms with Crippen LogP contribution in [0.25, 0.3) is 0 Å². The molecule has 2 N–H and O–H groups in total. The number of rotatable bonds is 6.